The summed E-state index contributed by atoms with van der Waals surface area (Å²) in [5.74, 6) is 0. The summed E-state index contributed by atoms with van der Waals surface area (Å²) in [5.41, 5.74) is 1.16. The van der Waals surface area contributed by atoms with Crippen molar-refractivity contribution in [3.8, 4) is 0 Å². The van der Waals surface area contributed by atoms with E-state index >= 15 is 0 Å². The Bertz CT molecular complexity index is 72.6. The maximum absolute atomic E-state index is 2.46. The van der Waals surface area contributed by atoms with E-state index in [-0.39, 0.29) is 8.80 Å². The SMILES string of the molecule is C[Si-](C)C1CCCCC1. The highest BCUT2D eigenvalue weighted by Crippen LogP contribution is 2.30. The largest absolute Gasteiger partial charge is 0.263 e. The number of hydrogen-bond donors (Lipinski definition) is 0. The summed E-state index contributed by atoms with van der Waals surface area (Å²) in [7, 11) is 0.0647. The Balaban J connectivity index is 2.23. The Morgan fingerprint density at radius 3 is 1.89 bits per heavy atom. The van der Waals surface area contributed by atoms with Gasteiger partial charge in [0.1, 0.15) is 0 Å². The quantitative estimate of drug-likeness (QED) is 0.492. The van der Waals surface area contributed by atoms with E-state index in [4.69, 9.17) is 0 Å². The van der Waals surface area contributed by atoms with Crippen molar-refractivity contribution >= 4 is 8.80 Å². The van der Waals surface area contributed by atoms with Gasteiger partial charge in [-0.3, -0.25) is 8.80 Å². The van der Waals surface area contributed by atoms with Crippen molar-refractivity contribution in [1.29, 1.82) is 0 Å². The molecule has 0 radical (unpaired) electrons. The van der Waals surface area contributed by atoms with E-state index in [1.807, 2.05) is 0 Å². The van der Waals surface area contributed by atoms with Crippen LogP contribution in [-0.2, 0) is 0 Å². The number of rotatable bonds is 1. The van der Waals surface area contributed by atoms with Crippen LogP contribution >= 0.6 is 0 Å². The molecule has 1 saturated carbocycles. The smallest absolute Gasteiger partial charge is 0.0535 e. The fourth-order valence-corrected chi connectivity index (χ4v) is 3.24. The van der Waals surface area contributed by atoms with E-state index in [1.165, 1.54) is 19.3 Å². The van der Waals surface area contributed by atoms with Crippen LogP contribution in [0.25, 0.3) is 0 Å². The van der Waals surface area contributed by atoms with Crippen LogP contribution in [0.5, 0.6) is 0 Å². The molecule has 0 unspecified atom stereocenters. The third-order valence-corrected chi connectivity index (χ3v) is 4.63. The molecule has 0 nitrogen and oxygen atoms in total. The molecular weight excluding hydrogens is 124 g/mol. The summed E-state index contributed by atoms with van der Waals surface area (Å²) in [6.07, 6.45) is 7.62. The van der Waals surface area contributed by atoms with Crippen molar-refractivity contribution < 1.29 is 0 Å². The van der Waals surface area contributed by atoms with Crippen molar-refractivity contribution in [3.63, 3.8) is 0 Å². The standard InChI is InChI=1S/C8H17Si/c1-9(2)8-6-4-3-5-7-8/h8H,3-7H2,1-2H3/q-1. The minimum Gasteiger partial charge on any atom is -0.263 e. The zero-order chi connectivity index (χ0) is 6.69. The summed E-state index contributed by atoms with van der Waals surface area (Å²) in [5, 5.41) is 0. The second-order valence-corrected chi connectivity index (χ2v) is 6.38. The van der Waals surface area contributed by atoms with Crippen molar-refractivity contribution in [2.45, 2.75) is 50.7 Å². The molecule has 0 aromatic rings. The van der Waals surface area contributed by atoms with Crippen LogP contribution in [0.15, 0.2) is 0 Å². The fraction of sp³-hybridized carbons (Fsp3) is 1.00. The molecule has 0 saturated heterocycles. The van der Waals surface area contributed by atoms with Crippen LogP contribution in [-0.4, -0.2) is 8.80 Å². The van der Waals surface area contributed by atoms with E-state index in [0.717, 1.165) is 5.54 Å². The Labute approximate surface area is 60.3 Å². The van der Waals surface area contributed by atoms with Crippen LogP contribution < -0.4 is 0 Å². The second kappa shape index (κ2) is 3.40. The first-order chi connectivity index (χ1) is 4.30. The second-order valence-electron chi connectivity index (χ2n) is 3.41. The first-order valence-electron chi connectivity index (χ1n) is 4.11. The van der Waals surface area contributed by atoms with E-state index in [1.54, 1.807) is 12.8 Å². The average Bonchev–Trinajstić information content (AvgIpc) is 1.90. The third kappa shape index (κ3) is 2.13. The molecule has 1 fully saturated rings. The lowest BCUT2D eigenvalue weighted by atomic mass is 10.0. The molecule has 54 valence electrons. The lowest BCUT2D eigenvalue weighted by molar-refractivity contribution is 0.497. The molecular formula is C8H17Si-. The maximum atomic E-state index is 2.46. The van der Waals surface area contributed by atoms with E-state index in [2.05, 4.69) is 13.1 Å². The first-order valence-corrected chi connectivity index (χ1v) is 6.68. The zero-order valence-electron chi connectivity index (χ0n) is 6.61. The normalized spacial score (nSPS) is 23.0. The molecule has 0 aromatic carbocycles. The molecule has 0 N–H and O–H groups in total. The van der Waals surface area contributed by atoms with E-state index in [0.29, 0.717) is 0 Å². The van der Waals surface area contributed by atoms with Gasteiger partial charge in [-0.2, -0.15) is 18.6 Å². The van der Waals surface area contributed by atoms with Gasteiger partial charge in [0, 0.05) is 0 Å². The van der Waals surface area contributed by atoms with Crippen molar-refractivity contribution in [2.24, 2.45) is 0 Å². The summed E-state index contributed by atoms with van der Waals surface area (Å²) < 4.78 is 0. The Hall–Kier alpha value is 0.217. The molecule has 0 heterocycles. The van der Waals surface area contributed by atoms with Gasteiger partial charge in [-0.25, -0.2) is 0 Å². The predicted octanol–water partition coefficient (Wildman–Crippen LogP) is 3.08. The predicted molar refractivity (Wildman–Crippen MR) is 44.3 cm³/mol. The molecule has 1 rings (SSSR count). The molecule has 0 aromatic heterocycles. The molecule has 0 bridgehead atoms. The van der Waals surface area contributed by atoms with Gasteiger partial charge in [0.05, 0.1) is 0 Å². The van der Waals surface area contributed by atoms with E-state index in [9.17, 15) is 0 Å². The third-order valence-electron chi connectivity index (χ3n) is 2.42. The van der Waals surface area contributed by atoms with Gasteiger partial charge in [-0.15, -0.1) is 0 Å². The Morgan fingerprint density at radius 1 is 1.00 bits per heavy atom. The van der Waals surface area contributed by atoms with Crippen molar-refractivity contribution in [3.05, 3.63) is 0 Å². The highest BCUT2D eigenvalue weighted by molar-refractivity contribution is 6.57. The maximum Gasteiger partial charge on any atom is -0.0535 e. The van der Waals surface area contributed by atoms with Crippen molar-refractivity contribution in [2.75, 3.05) is 0 Å². The van der Waals surface area contributed by atoms with Crippen LogP contribution in [0, 0.1) is 0 Å². The van der Waals surface area contributed by atoms with Gasteiger partial charge in [-0.1, -0.05) is 32.1 Å². The Morgan fingerprint density at radius 2 is 1.56 bits per heavy atom. The molecule has 0 atom stereocenters. The summed E-state index contributed by atoms with van der Waals surface area (Å²) >= 11 is 0. The summed E-state index contributed by atoms with van der Waals surface area (Å²) in [4.78, 5) is 0. The Kier molecular flexibility index (Phi) is 2.77. The average molecular weight is 141 g/mol. The topological polar surface area (TPSA) is 0 Å². The van der Waals surface area contributed by atoms with Crippen LogP contribution in [0.4, 0.5) is 0 Å². The van der Waals surface area contributed by atoms with Crippen molar-refractivity contribution in [1.82, 2.24) is 0 Å². The monoisotopic (exact) mass is 141 g/mol. The summed E-state index contributed by atoms with van der Waals surface area (Å²) in [6.45, 7) is 4.92. The lowest BCUT2D eigenvalue weighted by Crippen LogP contribution is -2.14. The van der Waals surface area contributed by atoms with Gasteiger partial charge < -0.3 is 0 Å². The minimum absolute atomic E-state index is 0.0647. The van der Waals surface area contributed by atoms with Gasteiger partial charge in [0.15, 0.2) is 0 Å². The molecule has 0 amide bonds. The van der Waals surface area contributed by atoms with Gasteiger partial charge in [0.25, 0.3) is 0 Å². The van der Waals surface area contributed by atoms with Gasteiger partial charge in [-0.05, 0) is 0 Å². The molecule has 0 spiro atoms. The van der Waals surface area contributed by atoms with Crippen LogP contribution in [0.1, 0.15) is 32.1 Å². The molecule has 1 aliphatic rings. The van der Waals surface area contributed by atoms with E-state index < -0.39 is 0 Å². The highest BCUT2D eigenvalue weighted by atomic mass is 28.3. The molecule has 1 aliphatic carbocycles. The first kappa shape index (κ1) is 7.33. The molecule has 1 heteroatoms. The highest BCUT2D eigenvalue weighted by Gasteiger charge is 2.07. The van der Waals surface area contributed by atoms with Gasteiger partial charge >= 0.3 is 0 Å². The fourth-order valence-electron chi connectivity index (χ4n) is 1.68. The van der Waals surface area contributed by atoms with Gasteiger partial charge in [0.2, 0.25) is 0 Å². The molecule has 0 aliphatic heterocycles. The summed E-state index contributed by atoms with van der Waals surface area (Å²) in [6, 6.07) is 0. The van der Waals surface area contributed by atoms with Crippen LogP contribution in [0.3, 0.4) is 0 Å². The minimum atomic E-state index is 0.0647. The zero-order valence-corrected chi connectivity index (χ0v) is 7.61. The lowest BCUT2D eigenvalue weighted by Gasteiger charge is -2.34. The molecule has 9 heavy (non-hydrogen) atoms. The van der Waals surface area contributed by atoms with Crippen LogP contribution in [0.2, 0.25) is 18.6 Å². The number of hydrogen-bond acceptors (Lipinski definition) is 0.